The molecule has 0 N–H and O–H groups in total. The Labute approximate surface area is 341 Å². The van der Waals surface area contributed by atoms with Crippen LogP contribution >= 0.6 is 40.8 Å². The van der Waals surface area contributed by atoms with E-state index >= 15 is 0 Å². The lowest BCUT2D eigenvalue weighted by Crippen LogP contribution is -2.08. The maximum absolute atomic E-state index is 13.1. The van der Waals surface area contributed by atoms with Crippen molar-refractivity contribution in [2.24, 2.45) is 0 Å². The Morgan fingerprint density at radius 2 is 0.849 bits per heavy atom. The minimum absolute atomic E-state index is 0.236. The van der Waals surface area contributed by atoms with Gasteiger partial charge in [-0.25, -0.2) is 47.0 Å². The molecule has 0 aromatic heterocycles. The largest absolute Gasteiger partial charge is 0.643 e. The molecule has 2 fully saturated rings. The lowest BCUT2D eigenvalue weighted by atomic mass is 9.84. The Balaban J connectivity index is 0.000000220. The van der Waals surface area contributed by atoms with Gasteiger partial charge in [0.15, 0.2) is 0 Å². The fourth-order valence-corrected chi connectivity index (χ4v) is 11.1. The first kappa shape index (κ1) is 45.9. The quantitative estimate of drug-likeness (QED) is 0.148. The molecule has 4 nitrogen and oxygen atoms in total. The van der Waals surface area contributed by atoms with E-state index in [4.69, 9.17) is 40.8 Å². The van der Waals surface area contributed by atoms with Crippen molar-refractivity contribution in [2.75, 3.05) is 0 Å². The van der Waals surface area contributed by atoms with E-state index in [2.05, 4.69) is 30.3 Å². The molecule has 53 heavy (non-hydrogen) atoms. The fourth-order valence-electron chi connectivity index (χ4n) is 7.78. The summed E-state index contributed by atoms with van der Waals surface area (Å²) in [5, 5.41) is 0. The topological polar surface area (TPSA) is 68.3 Å². The normalized spacial score (nSPS) is 15.1. The molecule has 0 saturated heterocycles. The van der Waals surface area contributed by atoms with Crippen LogP contribution in [-0.4, -0.2) is 28.2 Å². The van der Waals surface area contributed by atoms with E-state index in [1.165, 1.54) is 69.8 Å². The van der Waals surface area contributed by atoms with E-state index in [1.807, 2.05) is 64.1 Å². The van der Waals surface area contributed by atoms with Crippen LogP contribution in [0.15, 0.2) is 93.5 Å². The van der Waals surface area contributed by atoms with Crippen molar-refractivity contribution in [3.63, 3.8) is 0 Å². The summed E-state index contributed by atoms with van der Waals surface area (Å²) in [6, 6.07) is 26.1. The van der Waals surface area contributed by atoms with Gasteiger partial charge in [-0.05, 0) is 125 Å². The van der Waals surface area contributed by atoms with Gasteiger partial charge in [-0.15, -0.1) is 0 Å². The summed E-state index contributed by atoms with van der Waals surface area (Å²) < 4.78 is 48.5. The minimum Gasteiger partial charge on any atom is -0.218 e. The van der Waals surface area contributed by atoms with Crippen LogP contribution in [0.4, 0.5) is 0 Å². The summed E-state index contributed by atoms with van der Waals surface area (Å²) in [5.74, 6) is 1.46. The highest BCUT2D eigenvalue weighted by Crippen LogP contribution is 2.35. The second kappa shape index (κ2) is 21.7. The smallest absolute Gasteiger partial charge is 0.218 e. The van der Waals surface area contributed by atoms with Gasteiger partial charge in [0.25, 0.3) is 9.05 Å². The molecule has 2 aliphatic rings. The third-order valence-corrected chi connectivity index (χ3v) is 13.5. The fraction of sp³-hybridized carbons (Fsp3) is 0.429. The van der Waals surface area contributed by atoms with E-state index in [9.17, 15) is 16.8 Å². The maximum atomic E-state index is 13.1. The van der Waals surface area contributed by atoms with Crippen LogP contribution in [0.3, 0.4) is 0 Å². The summed E-state index contributed by atoms with van der Waals surface area (Å²) in [5.41, 5.74) is 8.02. The second-order valence-corrected chi connectivity index (χ2v) is 25.1. The first-order valence-corrected chi connectivity index (χ1v) is 27.4. The summed E-state index contributed by atoms with van der Waals surface area (Å²) >= 11 is -1.72. The molecule has 0 unspecified atom stereocenters. The van der Waals surface area contributed by atoms with Gasteiger partial charge >= 0.3 is 11.4 Å². The molecule has 0 heterocycles. The van der Waals surface area contributed by atoms with Gasteiger partial charge < -0.3 is 0 Å². The van der Waals surface area contributed by atoms with E-state index in [0.29, 0.717) is 26.8 Å². The SMILES string of the molecule is Cc1cc(C)c(S(=O)(=O)Cl)c(C)c1.Cc1cc(C)c(S(=O)(=O)c2ccc(C3CCCCC3)cc2)c(C)c1.[Cl][Al]([Cl])[Cl].c1ccc(C2CCCCC2)cc1. The van der Waals surface area contributed by atoms with Gasteiger partial charge in [-0.2, -0.15) is 0 Å². The third kappa shape index (κ3) is 14.5. The minimum atomic E-state index is -3.61. The van der Waals surface area contributed by atoms with Crippen LogP contribution in [-0.2, 0) is 18.9 Å². The van der Waals surface area contributed by atoms with Crippen LogP contribution in [0.5, 0.6) is 0 Å². The highest BCUT2D eigenvalue weighted by molar-refractivity contribution is 8.13. The van der Waals surface area contributed by atoms with Crippen LogP contribution in [0.25, 0.3) is 0 Å². The van der Waals surface area contributed by atoms with E-state index in [-0.39, 0.29) is 4.90 Å². The van der Waals surface area contributed by atoms with Crippen molar-refractivity contribution in [1.82, 2.24) is 0 Å². The van der Waals surface area contributed by atoms with Gasteiger partial charge in [0.2, 0.25) is 9.84 Å². The Kier molecular flexibility index (Phi) is 18.8. The summed E-state index contributed by atoms with van der Waals surface area (Å²) in [6.07, 6.45) is 13.5. The molecule has 0 radical (unpaired) electrons. The van der Waals surface area contributed by atoms with Crippen molar-refractivity contribution in [3.8, 4) is 0 Å². The monoisotopic (exact) mass is 852 g/mol. The van der Waals surface area contributed by atoms with Gasteiger partial charge in [0.05, 0.1) is 14.7 Å². The molecule has 0 spiro atoms. The number of sulfone groups is 1. The van der Waals surface area contributed by atoms with Gasteiger partial charge in [-0.3, -0.25) is 0 Å². The van der Waals surface area contributed by atoms with Crippen molar-refractivity contribution in [1.29, 1.82) is 0 Å². The number of hydrogen-bond donors (Lipinski definition) is 0. The number of halogens is 4. The molecule has 4 aromatic carbocycles. The molecule has 0 atom stereocenters. The molecule has 11 heteroatoms. The van der Waals surface area contributed by atoms with Crippen molar-refractivity contribution < 1.29 is 16.8 Å². The zero-order valence-corrected chi connectivity index (χ0v) is 37.6. The molecule has 2 aliphatic carbocycles. The molecular formula is C42H53AlCl4O4S2. The van der Waals surface area contributed by atoms with Gasteiger partial charge in [-0.1, -0.05) is 116 Å². The molecule has 0 amide bonds. The molecule has 2 saturated carbocycles. The Morgan fingerprint density at radius 1 is 0.509 bits per heavy atom. The highest BCUT2D eigenvalue weighted by Gasteiger charge is 2.24. The Hall–Kier alpha value is -1.53. The van der Waals surface area contributed by atoms with Crippen LogP contribution in [0.2, 0.25) is 0 Å². The predicted octanol–water partition coefficient (Wildman–Crippen LogP) is 13.5. The number of rotatable bonds is 5. The molecular weight excluding hydrogens is 801 g/mol. The molecule has 4 aromatic rings. The van der Waals surface area contributed by atoms with Crippen molar-refractivity contribution in [2.45, 2.75) is 132 Å². The van der Waals surface area contributed by atoms with Crippen molar-refractivity contribution in [3.05, 3.63) is 123 Å². The van der Waals surface area contributed by atoms with Crippen LogP contribution < -0.4 is 0 Å². The molecule has 288 valence electrons. The zero-order valence-electron chi connectivity index (χ0n) is 31.8. The first-order chi connectivity index (χ1) is 24.9. The van der Waals surface area contributed by atoms with Gasteiger partial charge in [0.1, 0.15) is 0 Å². The highest BCUT2D eigenvalue weighted by atomic mass is 35.8. The van der Waals surface area contributed by atoms with Crippen molar-refractivity contribution >= 4 is 71.1 Å². The lowest BCUT2D eigenvalue weighted by molar-refractivity contribution is 0.443. The standard InChI is InChI=1S/C21H26O2S.C12H16.C9H11ClO2S.Al.3ClH/c1-15-13-16(2)21(17(3)14-15)24(22,23)20-11-9-19(10-12-20)18-7-5-4-6-8-18;1-3-7-11(8-4-1)12-9-5-2-6-10-12;1-6-4-7(2)9(8(3)5-6)13(10,11)12;;;;/h9-14,18H,4-8H2,1-3H3;1,3-4,7-8,12H,2,5-6,9-10H2;4-5H,1-3H3;;3*1H/q;;;+3;;;/p-3. The van der Waals surface area contributed by atoms with E-state index < -0.39 is 30.3 Å². The Bertz CT molecular complexity index is 1920. The predicted molar refractivity (Wildman–Crippen MR) is 228 cm³/mol. The summed E-state index contributed by atoms with van der Waals surface area (Å²) in [6.45, 7) is 11.2. The third-order valence-electron chi connectivity index (χ3n) is 9.87. The van der Waals surface area contributed by atoms with Gasteiger partial charge in [0, 0.05) is 10.7 Å². The number of hydrogen-bond acceptors (Lipinski definition) is 4. The second-order valence-electron chi connectivity index (χ2n) is 14.3. The average molecular weight is 855 g/mol. The van der Waals surface area contributed by atoms with E-state index in [1.54, 1.807) is 31.5 Å². The van der Waals surface area contributed by atoms with Crippen LogP contribution in [0, 0.1) is 41.5 Å². The maximum Gasteiger partial charge on any atom is 0.643 e. The molecule has 6 rings (SSSR count). The zero-order chi connectivity index (χ0) is 39.3. The lowest BCUT2D eigenvalue weighted by Gasteiger charge is -2.22. The molecule has 0 aliphatic heterocycles. The summed E-state index contributed by atoms with van der Waals surface area (Å²) in [7, 11) is 13.1. The van der Waals surface area contributed by atoms with Crippen LogP contribution in [0.1, 0.15) is 121 Å². The molecule has 0 bridgehead atoms. The number of benzene rings is 4. The summed E-state index contributed by atoms with van der Waals surface area (Å²) in [4.78, 5) is 1.09. The average Bonchev–Trinajstić information content (AvgIpc) is 3.08. The van der Waals surface area contributed by atoms with E-state index in [0.717, 1.165) is 28.2 Å². The number of aryl methyl sites for hydroxylation is 6. The Morgan fingerprint density at radius 3 is 1.21 bits per heavy atom. The first-order valence-electron chi connectivity index (χ1n) is 18.3.